The van der Waals surface area contributed by atoms with Crippen molar-refractivity contribution in [2.24, 2.45) is 7.05 Å². The van der Waals surface area contributed by atoms with Gasteiger partial charge in [0.05, 0.1) is 24.3 Å². The smallest absolute Gasteiger partial charge is 0.230 e. The number of amides is 1. The zero-order valence-electron chi connectivity index (χ0n) is 22.7. The molecule has 0 saturated carbocycles. The van der Waals surface area contributed by atoms with Crippen LogP contribution in [0.15, 0.2) is 84.4 Å². The van der Waals surface area contributed by atoms with E-state index in [4.69, 9.17) is 4.52 Å². The number of hydrogen-bond acceptors (Lipinski definition) is 7. The highest BCUT2D eigenvalue weighted by atomic mass is 16.5. The summed E-state index contributed by atoms with van der Waals surface area (Å²) in [4.78, 5) is 21.1. The van der Waals surface area contributed by atoms with Crippen LogP contribution in [0.3, 0.4) is 0 Å². The molecule has 5 heterocycles. The molecule has 0 spiro atoms. The lowest BCUT2D eigenvalue weighted by atomic mass is 9.93. The quantitative estimate of drug-likeness (QED) is 0.308. The van der Waals surface area contributed by atoms with Crippen molar-refractivity contribution in [3.8, 4) is 33.4 Å². The van der Waals surface area contributed by atoms with Crippen LogP contribution in [0.2, 0.25) is 0 Å². The highest BCUT2D eigenvalue weighted by molar-refractivity contribution is 5.94. The molecule has 0 atom stereocenters. The Labute approximate surface area is 230 Å². The monoisotopic (exact) mass is 532 g/mol. The summed E-state index contributed by atoms with van der Waals surface area (Å²) in [6.07, 6.45) is 13.0. The van der Waals surface area contributed by atoms with Gasteiger partial charge in [0, 0.05) is 71.1 Å². The van der Waals surface area contributed by atoms with Crippen molar-refractivity contribution in [3.05, 3.63) is 91.2 Å². The second-order valence-corrected chi connectivity index (χ2v) is 10.8. The minimum Gasteiger partial charge on any atom is -0.359 e. The van der Waals surface area contributed by atoms with Crippen LogP contribution in [0.5, 0.6) is 0 Å². The number of aryl methyl sites for hydroxylation is 1. The van der Waals surface area contributed by atoms with E-state index in [2.05, 4.69) is 36.7 Å². The van der Waals surface area contributed by atoms with E-state index in [0.717, 1.165) is 50.2 Å². The van der Waals surface area contributed by atoms with Gasteiger partial charge in [-0.1, -0.05) is 50.2 Å². The summed E-state index contributed by atoms with van der Waals surface area (Å²) < 4.78 is 9.02. The number of hydrogen-bond donors (Lipinski definition) is 1. The Morgan fingerprint density at radius 1 is 0.875 bits per heavy atom. The zero-order valence-corrected chi connectivity index (χ0v) is 22.7. The Balaban J connectivity index is 1.29. The van der Waals surface area contributed by atoms with Crippen LogP contribution in [0, 0.1) is 0 Å². The van der Waals surface area contributed by atoms with Gasteiger partial charge in [0.1, 0.15) is 12.1 Å². The van der Waals surface area contributed by atoms with E-state index in [0.29, 0.717) is 5.82 Å². The Morgan fingerprint density at radius 3 is 2.33 bits per heavy atom. The molecule has 0 radical (unpaired) electrons. The third-order valence-electron chi connectivity index (χ3n) is 6.67. The maximum absolute atomic E-state index is 12.7. The number of anilines is 1. The summed E-state index contributed by atoms with van der Waals surface area (Å²) in [5.74, 6) is 0.974. The van der Waals surface area contributed by atoms with Crippen LogP contribution < -0.4 is 5.32 Å². The molecule has 1 aromatic carbocycles. The first kappa shape index (κ1) is 25.2. The number of carbonyl (C=O) groups excluding carboxylic acids is 1. The fourth-order valence-corrected chi connectivity index (χ4v) is 4.58. The number of rotatable bonds is 6. The average molecular weight is 533 g/mol. The third-order valence-corrected chi connectivity index (χ3v) is 6.67. The van der Waals surface area contributed by atoms with Crippen molar-refractivity contribution in [2.45, 2.75) is 32.6 Å². The van der Waals surface area contributed by atoms with Gasteiger partial charge < -0.3 is 9.84 Å². The molecule has 0 bridgehead atoms. The highest BCUT2D eigenvalue weighted by Crippen LogP contribution is 2.35. The largest absolute Gasteiger partial charge is 0.359 e. The van der Waals surface area contributed by atoms with Crippen LogP contribution >= 0.6 is 0 Å². The summed E-state index contributed by atoms with van der Waals surface area (Å²) in [7, 11) is 1.89. The predicted octanol–water partition coefficient (Wildman–Crippen LogP) is 5.33. The number of nitrogens with zero attached hydrogens (tertiary/aromatic N) is 7. The summed E-state index contributed by atoms with van der Waals surface area (Å²) in [5.41, 5.74) is 7.40. The maximum Gasteiger partial charge on any atom is 0.230 e. The molecule has 40 heavy (non-hydrogen) atoms. The van der Waals surface area contributed by atoms with Crippen molar-refractivity contribution in [1.82, 2.24) is 34.5 Å². The Kier molecular flexibility index (Phi) is 6.22. The fourth-order valence-electron chi connectivity index (χ4n) is 4.58. The average Bonchev–Trinajstić information content (AvgIpc) is 3.69. The molecule has 5 aromatic heterocycles. The molecule has 0 aliphatic carbocycles. The number of benzene rings is 1. The van der Waals surface area contributed by atoms with E-state index >= 15 is 0 Å². The van der Waals surface area contributed by atoms with E-state index in [9.17, 15) is 4.79 Å². The summed E-state index contributed by atoms with van der Waals surface area (Å²) in [5, 5.41) is 15.8. The van der Waals surface area contributed by atoms with Crippen molar-refractivity contribution in [3.63, 3.8) is 0 Å². The molecule has 0 aliphatic heterocycles. The van der Waals surface area contributed by atoms with Crippen LogP contribution in [0.25, 0.3) is 38.9 Å². The third kappa shape index (κ3) is 4.98. The normalized spacial score (nSPS) is 11.7. The first-order valence-corrected chi connectivity index (χ1v) is 12.9. The van der Waals surface area contributed by atoms with Crippen molar-refractivity contribution in [2.75, 3.05) is 5.32 Å². The van der Waals surface area contributed by atoms with Crippen LogP contribution in [-0.2, 0) is 23.7 Å². The number of nitrogens with one attached hydrogen (secondary N) is 1. The summed E-state index contributed by atoms with van der Waals surface area (Å²) >= 11 is 0. The SMILES string of the molecule is Cn1cc(-c2cc(-c3cncnc3)c3c(-c4ccc(CC(=O)Nc5cc(C(C)(C)C)on5)cc4)cnn3c2)cn1. The minimum atomic E-state index is -0.183. The molecule has 0 unspecified atom stereocenters. The molecule has 0 fully saturated rings. The van der Waals surface area contributed by atoms with Crippen LogP contribution in [0.4, 0.5) is 5.82 Å². The van der Waals surface area contributed by atoms with Crippen molar-refractivity contribution in [1.29, 1.82) is 0 Å². The minimum absolute atomic E-state index is 0.160. The molecular formula is C30H28N8O2. The lowest BCUT2D eigenvalue weighted by Gasteiger charge is -2.12. The van der Waals surface area contributed by atoms with Gasteiger partial charge in [-0.25, -0.2) is 14.5 Å². The van der Waals surface area contributed by atoms with E-state index < -0.39 is 0 Å². The van der Waals surface area contributed by atoms with Crippen LogP contribution in [0.1, 0.15) is 32.1 Å². The van der Waals surface area contributed by atoms with Gasteiger partial charge in [-0.15, -0.1) is 0 Å². The number of pyridine rings is 1. The Bertz CT molecular complexity index is 1810. The standard InChI is InChI=1S/C30H28N8O2/c1-30(2,3)26-11-27(36-40-26)35-28(39)9-19-5-7-20(8-6-19)25-15-34-38-17-21(23-14-33-37(4)16-23)10-24(29(25)38)22-12-31-18-32-13-22/h5-8,10-18H,9H2,1-4H3,(H,35,36,39). The van der Waals surface area contributed by atoms with Crippen molar-refractivity contribution < 1.29 is 9.32 Å². The van der Waals surface area contributed by atoms with E-state index in [-0.39, 0.29) is 17.7 Å². The highest BCUT2D eigenvalue weighted by Gasteiger charge is 2.21. The number of carbonyl (C=O) groups is 1. The van der Waals surface area contributed by atoms with Gasteiger partial charge in [0.15, 0.2) is 5.82 Å². The molecule has 200 valence electrons. The summed E-state index contributed by atoms with van der Waals surface area (Å²) in [6, 6.07) is 11.8. The molecule has 6 aromatic rings. The Hall–Kier alpha value is -5.12. The molecule has 0 saturated heterocycles. The predicted molar refractivity (Wildman–Crippen MR) is 151 cm³/mol. The topological polar surface area (TPSA) is 116 Å². The first-order valence-electron chi connectivity index (χ1n) is 12.9. The summed E-state index contributed by atoms with van der Waals surface area (Å²) in [6.45, 7) is 6.09. The molecule has 10 nitrogen and oxygen atoms in total. The first-order chi connectivity index (χ1) is 19.2. The Morgan fingerprint density at radius 2 is 1.65 bits per heavy atom. The molecule has 1 N–H and O–H groups in total. The van der Waals surface area contributed by atoms with Crippen molar-refractivity contribution >= 4 is 17.2 Å². The molecule has 1 amide bonds. The number of fused-ring (bicyclic) bond motifs is 1. The lowest BCUT2D eigenvalue weighted by Crippen LogP contribution is -2.14. The van der Waals surface area contributed by atoms with E-state index in [1.165, 1.54) is 6.33 Å². The van der Waals surface area contributed by atoms with Gasteiger partial charge in [-0.3, -0.25) is 9.48 Å². The van der Waals surface area contributed by atoms with Gasteiger partial charge in [0.2, 0.25) is 5.91 Å². The van der Waals surface area contributed by atoms with Gasteiger partial charge in [0.25, 0.3) is 0 Å². The lowest BCUT2D eigenvalue weighted by molar-refractivity contribution is -0.115. The van der Waals surface area contributed by atoms with Gasteiger partial charge in [-0.2, -0.15) is 10.2 Å². The van der Waals surface area contributed by atoms with Crippen LogP contribution in [-0.4, -0.2) is 40.4 Å². The van der Waals surface area contributed by atoms with E-state index in [1.54, 1.807) is 23.1 Å². The molecule has 6 rings (SSSR count). The van der Waals surface area contributed by atoms with E-state index in [1.807, 2.05) is 81.4 Å². The second kappa shape index (κ2) is 9.88. The molecule has 0 aliphatic rings. The fraction of sp³-hybridized carbons (Fsp3) is 0.200. The zero-order chi connectivity index (χ0) is 27.9. The molecule has 10 heteroatoms. The molecular weight excluding hydrogens is 504 g/mol. The van der Waals surface area contributed by atoms with Gasteiger partial charge in [-0.05, 0) is 17.2 Å². The van der Waals surface area contributed by atoms with Gasteiger partial charge >= 0.3 is 0 Å². The maximum atomic E-state index is 12.7. The number of aromatic nitrogens is 7. The second-order valence-electron chi connectivity index (χ2n) is 10.8.